The summed E-state index contributed by atoms with van der Waals surface area (Å²) in [5, 5.41) is 5.57. The van der Waals surface area contributed by atoms with Gasteiger partial charge in [-0.3, -0.25) is 4.57 Å². The predicted octanol–water partition coefficient (Wildman–Crippen LogP) is 12.7. The third kappa shape index (κ3) is 5.08. The van der Waals surface area contributed by atoms with E-state index in [2.05, 4.69) is 108 Å². The van der Waals surface area contributed by atoms with E-state index in [0.717, 1.165) is 81.7 Å². The minimum absolute atomic E-state index is 0.577. The minimum Gasteiger partial charge on any atom is -0.452 e. The van der Waals surface area contributed by atoms with Crippen molar-refractivity contribution in [2.45, 2.75) is 0 Å². The summed E-state index contributed by atoms with van der Waals surface area (Å²) in [7, 11) is 0. The highest BCUT2D eigenvalue weighted by Crippen LogP contribution is 2.40. The molecule has 0 amide bonds. The number of furan rings is 1. The van der Waals surface area contributed by atoms with Gasteiger partial charge < -0.3 is 4.42 Å². The maximum absolute atomic E-state index is 6.35. The Morgan fingerprint density at radius 3 is 1.75 bits per heavy atom. The van der Waals surface area contributed by atoms with E-state index in [0.29, 0.717) is 29.0 Å². The van der Waals surface area contributed by atoms with Crippen molar-refractivity contribution in [2.75, 3.05) is 0 Å². The average Bonchev–Trinajstić information content (AvgIpc) is 3.95. The first-order valence-corrected chi connectivity index (χ1v) is 19.6. The fraction of sp³-hybridized carbons (Fsp3) is 0. The number of rotatable bonds is 5. The summed E-state index contributed by atoms with van der Waals surface area (Å²) < 4.78 is 10.8. The van der Waals surface area contributed by atoms with Gasteiger partial charge in [0.25, 0.3) is 0 Å². The van der Waals surface area contributed by atoms with Gasteiger partial charge in [0, 0.05) is 58.6 Å². The maximum Gasteiger partial charge on any atom is 0.238 e. The summed E-state index contributed by atoms with van der Waals surface area (Å²) in [6.45, 7) is 0. The van der Waals surface area contributed by atoms with Crippen molar-refractivity contribution in [2.24, 2.45) is 0 Å². The van der Waals surface area contributed by atoms with Crippen molar-refractivity contribution < 1.29 is 4.42 Å². The molecule has 57 heavy (non-hydrogen) atoms. The van der Waals surface area contributed by atoms with Crippen molar-refractivity contribution in [1.29, 1.82) is 0 Å². The van der Waals surface area contributed by atoms with Gasteiger partial charge in [-0.2, -0.15) is 9.97 Å². The van der Waals surface area contributed by atoms with Gasteiger partial charge in [-0.1, -0.05) is 121 Å². The third-order valence-electron chi connectivity index (χ3n) is 10.7. The van der Waals surface area contributed by atoms with Gasteiger partial charge in [0.05, 0.1) is 11.0 Å². The van der Waals surface area contributed by atoms with Gasteiger partial charge >= 0.3 is 0 Å². The zero-order chi connectivity index (χ0) is 37.5. The maximum atomic E-state index is 6.35. The molecule has 5 aromatic heterocycles. The van der Waals surface area contributed by atoms with Crippen LogP contribution < -0.4 is 0 Å². The monoisotopic (exact) mass is 748 g/mol. The largest absolute Gasteiger partial charge is 0.452 e. The van der Waals surface area contributed by atoms with Crippen molar-refractivity contribution in [1.82, 2.24) is 29.5 Å². The van der Waals surface area contributed by atoms with Crippen LogP contribution in [-0.2, 0) is 0 Å². The highest BCUT2D eigenvalue weighted by Gasteiger charge is 2.20. The summed E-state index contributed by atoms with van der Waals surface area (Å²) in [5.74, 6) is 2.47. The fourth-order valence-corrected chi connectivity index (χ4v) is 9.14. The number of hydrogen-bond donors (Lipinski definition) is 0. The molecular formula is C49H28N6OS. The standard InChI is InChI=1S/C49H28N6OS/c1-3-13-29(14-4-1)43-45-44(36-19-9-12-22-40(36)56-45)51-47(50-43)32-23-25-35-37-27-31(24-26-41(37)57-42(35)28-32)48-52-46(30-15-5-2-6-16-30)53-49(54-48)55-38-20-10-7-17-33(38)34-18-8-11-21-39(34)55/h1-28H. The second-order valence-corrected chi connectivity index (χ2v) is 15.2. The highest BCUT2D eigenvalue weighted by atomic mass is 32.1. The van der Waals surface area contributed by atoms with Crippen LogP contribution in [0.25, 0.3) is 115 Å². The lowest BCUT2D eigenvalue weighted by Crippen LogP contribution is -2.06. The Kier molecular flexibility index (Phi) is 6.96. The molecule has 0 saturated heterocycles. The molecule has 12 aromatic rings. The second-order valence-electron chi connectivity index (χ2n) is 14.1. The summed E-state index contributed by atoms with van der Waals surface area (Å²) >= 11 is 1.76. The van der Waals surface area contributed by atoms with Crippen LogP contribution in [0.5, 0.6) is 0 Å². The normalized spacial score (nSPS) is 11.9. The summed E-state index contributed by atoms with van der Waals surface area (Å²) in [5.41, 5.74) is 8.94. The molecule has 7 nitrogen and oxygen atoms in total. The molecule has 0 aliphatic heterocycles. The van der Waals surface area contributed by atoms with Crippen LogP contribution >= 0.6 is 11.3 Å². The first-order valence-electron chi connectivity index (χ1n) is 18.8. The Hall–Kier alpha value is -7.55. The van der Waals surface area contributed by atoms with Gasteiger partial charge in [0.1, 0.15) is 16.8 Å². The topological polar surface area (TPSA) is 82.5 Å². The Morgan fingerprint density at radius 1 is 0.404 bits per heavy atom. The van der Waals surface area contributed by atoms with E-state index in [-0.39, 0.29) is 0 Å². The number of benzene rings is 7. The van der Waals surface area contributed by atoms with E-state index < -0.39 is 0 Å². The number of hydrogen-bond acceptors (Lipinski definition) is 7. The Bertz CT molecular complexity index is 3480. The Balaban J connectivity index is 1.02. The van der Waals surface area contributed by atoms with E-state index in [9.17, 15) is 0 Å². The Labute approximate surface area is 329 Å². The minimum atomic E-state index is 0.577. The Morgan fingerprint density at radius 2 is 1.00 bits per heavy atom. The molecule has 0 aliphatic carbocycles. The van der Waals surface area contributed by atoms with Crippen LogP contribution in [0.15, 0.2) is 174 Å². The molecule has 0 radical (unpaired) electrons. The van der Waals surface area contributed by atoms with E-state index in [1.54, 1.807) is 11.3 Å². The van der Waals surface area contributed by atoms with Crippen LogP contribution in [0.3, 0.4) is 0 Å². The molecule has 0 N–H and O–H groups in total. The molecular weight excluding hydrogens is 721 g/mol. The number of nitrogens with zero attached hydrogens (tertiary/aromatic N) is 6. The van der Waals surface area contributed by atoms with Crippen LogP contribution in [-0.4, -0.2) is 29.5 Å². The predicted molar refractivity (Wildman–Crippen MR) is 232 cm³/mol. The van der Waals surface area contributed by atoms with Crippen molar-refractivity contribution >= 4 is 75.4 Å². The van der Waals surface area contributed by atoms with Crippen LogP contribution in [0.4, 0.5) is 0 Å². The number of para-hydroxylation sites is 3. The van der Waals surface area contributed by atoms with E-state index in [1.165, 1.54) is 4.70 Å². The van der Waals surface area contributed by atoms with E-state index in [1.807, 2.05) is 66.7 Å². The van der Waals surface area contributed by atoms with Gasteiger partial charge in [0.2, 0.25) is 5.95 Å². The molecule has 0 bridgehead atoms. The molecule has 8 heteroatoms. The molecule has 0 spiro atoms. The van der Waals surface area contributed by atoms with Gasteiger partial charge in [-0.25, -0.2) is 15.0 Å². The number of thiophene rings is 1. The van der Waals surface area contributed by atoms with Gasteiger partial charge in [-0.15, -0.1) is 11.3 Å². The number of aromatic nitrogens is 6. The molecule has 266 valence electrons. The number of fused-ring (bicyclic) bond motifs is 9. The van der Waals surface area contributed by atoms with E-state index >= 15 is 0 Å². The van der Waals surface area contributed by atoms with E-state index in [4.69, 9.17) is 29.3 Å². The third-order valence-corrected chi connectivity index (χ3v) is 11.8. The van der Waals surface area contributed by atoms with Crippen LogP contribution in [0, 0.1) is 0 Å². The molecule has 5 heterocycles. The van der Waals surface area contributed by atoms with Crippen molar-refractivity contribution in [3.05, 3.63) is 170 Å². The smallest absolute Gasteiger partial charge is 0.238 e. The summed E-state index contributed by atoms with van der Waals surface area (Å²) in [6, 6.07) is 58.2. The zero-order valence-corrected chi connectivity index (χ0v) is 31.0. The molecule has 0 fully saturated rings. The fourth-order valence-electron chi connectivity index (χ4n) is 8.02. The molecule has 0 atom stereocenters. The summed E-state index contributed by atoms with van der Waals surface area (Å²) in [6.07, 6.45) is 0. The SMILES string of the molecule is c1ccc(-c2nc(-c3ccc4sc5cc(-c6nc(-c7ccccc7)c7oc8ccccc8c7n6)ccc5c4c3)nc(-n3c4ccccc4c4ccccc43)n2)cc1. The first kappa shape index (κ1) is 31.8. The van der Waals surface area contributed by atoms with Gasteiger partial charge in [-0.05, 0) is 48.5 Å². The van der Waals surface area contributed by atoms with Gasteiger partial charge in [0.15, 0.2) is 23.1 Å². The zero-order valence-electron chi connectivity index (χ0n) is 30.2. The second kappa shape index (κ2) is 12.5. The highest BCUT2D eigenvalue weighted by molar-refractivity contribution is 7.25. The average molecular weight is 749 g/mol. The quantitative estimate of drug-likeness (QED) is 0.174. The molecule has 7 aromatic carbocycles. The van der Waals surface area contributed by atoms with Crippen molar-refractivity contribution in [3.8, 4) is 51.4 Å². The molecule has 12 rings (SSSR count). The molecule has 0 aliphatic rings. The van der Waals surface area contributed by atoms with Crippen LogP contribution in [0.1, 0.15) is 0 Å². The lowest BCUT2D eigenvalue weighted by molar-refractivity contribution is 0.667. The van der Waals surface area contributed by atoms with Crippen molar-refractivity contribution in [3.63, 3.8) is 0 Å². The summed E-state index contributed by atoms with van der Waals surface area (Å²) in [4.78, 5) is 25.6. The lowest BCUT2D eigenvalue weighted by atomic mass is 10.1. The molecule has 0 unspecified atom stereocenters. The molecule has 0 saturated carbocycles. The lowest BCUT2D eigenvalue weighted by Gasteiger charge is -2.11. The first-order chi connectivity index (χ1) is 28.2. The van der Waals surface area contributed by atoms with Crippen LogP contribution in [0.2, 0.25) is 0 Å².